The average Bonchev–Trinajstić information content (AvgIpc) is 2.29. The fourth-order valence-corrected chi connectivity index (χ4v) is 0.865. The van der Waals surface area contributed by atoms with Crippen molar-refractivity contribution >= 4 is 12.4 Å². The number of aromatic nitrogens is 1. The molecule has 0 aliphatic rings. The van der Waals surface area contributed by atoms with E-state index in [-0.39, 0.29) is 12.4 Å². The number of carbonyl (C=O) groups is 2. The molecule has 0 bridgehead atoms. The molecule has 6 heteroatoms. The van der Waals surface area contributed by atoms with Crippen LogP contribution in [-0.2, 0) is 9.53 Å². The zero-order valence-electron chi connectivity index (χ0n) is 8.10. The van der Waals surface area contributed by atoms with Crippen molar-refractivity contribution in [1.29, 1.82) is 0 Å². The number of esters is 1. The van der Waals surface area contributed by atoms with Crippen LogP contribution in [0.1, 0.15) is 10.5 Å². The highest BCUT2D eigenvalue weighted by atomic mass is 16.5. The topological polar surface area (TPSA) is 77.5 Å². The summed E-state index contributed by atoms with van der Waals surface area (Å²) in [6.45, 7) is -0.179. The molecule has 1 rings (SSSR count). The van der Waals surface area contributed by atoms with E-state index in [1.807, 2.05) is 0 Å². The maximum Gasteiger partial charge on any atom is 0.358 e. The summed E-state index contributed by atoms with van der Waals surface area (Å²) in [6, 6.07) is 3.06. The molecule has 0 spiro atoms. The number of pyridine rings is 1. The van der Waals surface area contributed by atoms with Crippen molar-refractivity contribution in [2.75, 3.05) is 13.8 Å². The van der Waals surface area contributed by atoms with E-state index in [0.717, 1.165) is 0 Å². The van der Waals surface area contributed by atoms with Crippen LogP contribution in [0.3, 0.4) is 0 Å². The first-order chi connectivity index (χ1) is 7.27. The average molecular weight is 210 g/mol. The second kappa shape index (κ2) is 5.58. The van der Waals surface area contributed by atoms with Crippen molar-refractivity contribution in [2.45, 2.75) is 0 Å². The normalized spacial score (nSPS) is 9.13. The van der Waals surface area contributed by atoms with Gasteiger partial charge in [0, 0.05) is 12.3 Å². The van der Waals surface area contributed by atoms with E-state index in [9.17, 15) is 9.59 Å². The van der Waals surface area contributed by atoms with Crippen LogP contribution in [0.4, 0.5) is 0 Å². The van der Waals surface area contributed by atoms with Crippen LogP contribution in [0.5, 0.6) is 5.75 Å². The summed E-state index contributed by atoms with van der Waals surface area (Å²) in [6.07, 6.45) is 1.87. The van der Waals surface area contributed by atoms with Crippen LogP contribution in [0.25, 0.3) is 0 Å². The lowest BCUT2D eigenvalue weighted by Gasteiger charge is -2.04. The van der Waals surface area contributed by atoms with Crippen molar-refractivity contribution in [1.82, 2.24) is 10.3 Å². The minimum Gasteiger partial charge on any atom is -0.497 e. The quantitative estimate of drug-likeness (QED) is 0.319. The Morgan fingerprint density at radius 3 is 3.13 bits per heavy atom. The van der Waals surface area contributed by atoms with Gasteiger partial charge >= 0.3 is 5.97 Å². The third kappa shape index (κ3) is 3.26. The smallest absolute Gasteiger partial charge is 0.358 e. The van der Waals surface area contributed by atoms with Crippen LogP contribution < -0.4 is 10.1 Å². The molecular weight excluding hydrogens is 200 g/mol. The van der Waals surface area contributed by atoms with Gasteiger partial charge in [0.25, 0.3) is 0 Å². The van der Waals surface area contributed by atoms with E-state index >= 15 is 0 Å². The van der Waals surface area contributed by atoms with E-state index in [4.69, 9.17) is 4.74 Å². The Kier molecular flexibility index (Phi) is 4.08. The number of carbonyl (C=O) groups excluding carboxylic acids is 2. The van der Waals surface area contributed by atoms with Crippen LogP contribution in [0, 0.1) is 0 Å². The van der Waals surface area contributed by atoms with Gasteiger partial charge in [0.15, 0.2) is 12.4 Å². The predicted octanol–water partition coefficient (Wildman–Crippen LogP) is -0.0495. The second-order valence-corrected chi connectivity index (χ2v) is 2.48. The molecular formula is C9H10N2O4. The van der Waals surface area contributed by atoms with Crippen LogP contribution in [-0.4, -0.2) is 31.2 Å². The van der Waals surface area contributed by atoms with E-state index in [1.54, 1.807) is 6.07 Å². The van der Waals surface area contributed by atoms with Gasteiger partial charge in [-0.3, -0.25) is 4.79 Å². The lowest BCUT2D eigenvalue weighted by molar-refractivity contribution is -0.110. The van der Waals surface area contributed by atoms with Crippen molar-refractivity contribution < 1.29 is 19.1 Å². The van der Waals surface area contributed by atoms with E-state index in [1.165, 1.54) is 19.4 Å². The second-order valence-electron chi connectivity index (χ2n) is 2.48. The lowest BCUT2D eigenvalue weighted by Crippen LogP contribution is -2.19. The third-order valence-electron chi connectivity index (χ3n) is 1.55. The SMILES string of the molecule is COc1ccnc(C(=O)OCNC=O)c1. The summed E-state index contributed by atoms with van der Waals surface area (Å²) in [7, 11) is 1.48. The van der Waals surface area contributed by atoms with Crippen molar-refractivity contribution in [2.24, 2.45) is 0 Å². The molecule has 1 aromatic heterocycles. The van der Waals surface area contributed by atoms with Gasteiger partial charge < -0.3 is 14.8 Å². The van der Waals surface area contributed by atoms with Crippen molar-refractivity contribution in [3.8, 4) is 5.75 Å². The fraction of sp³-hybridized carbons (Fsp3) is 0.222. The Labute approximate surface area is 86.2 Å². The minimum atomic E-state index is -0.622. The summed E-state index contributed by atoms with van der Waals surface area (Å²) in [4.78, 5) is 25.0. The number of hydrogen-bond donors (Lipinski definition) is 1. The summed E-state index contributed by atoms with van der Waals surface area (Å²) in [5, 5.41) is 2.19. The highest BCUT2D eigenvalue weighted by molar-refractivity contribution is 5.87. The Hall–Kier alpha value is -2.11. The van der Waals surface area contributed by atoms with Crippen LogP contribution >= 0.6 is 0 Å². The lowest BCUT2D eigenvalue weighted by atomic mass is 10.3. The first-order valence-corrected chi connectivity index (χ1v) is 4.12. The third-order valence-corrected chi connectivity index (χ3v) is 1.55. The maximum atomic E-state index is 11.3. The first-order valence-electron chi connectivity index (χ1n) is 4.12. The van der Waals surface area contributed by atoms with Gasteiger partial charge in [-0.05, 0) is 6.07 Å². The van der Waals surface area contributed by atoms with Crippen molar-refractivity contribution in [3.05, 3.63) is 24.0 Å². The number of amides is 1. The summed E-state index contributed by atoms with van der Waals surface area (Å²) in [5.74, 6) is -0.108. The molecule has 15 heavy (non-hydrogen) atoms. The number of ether oxygens (including phenoxy) is 2. The molecule has 1 heterocycles. The predicted molar refractivity (Wildman–Crippen MR) is 50.3 cm³/mol. The highest BCUT2D eigenvalue weighted by Crippen LogP contribution is 2.10. The van der Waals surface area contributed by atoms with Gasteiger partial charge in [-0.15, -0.1) is 0 Å². The van der Waals surface area contributed by atoms with E-state index in [2.05, 4.69) is 15.0 Å². The van der Waals surface area contributed by atoms with E-state index < -0.39 is 5.97 Å². The number of nitrogens with zero attached hydrogens (tertiary/aromatic N) is 1. The van der Waals surface area contributed by atoms with Gasteiger partial charge in [-0.1, -0.05) is 0 Å². The number of methoxy groups -OCH3 is 1. The molecule has 0 saturated heterocycles. The van der Waals surface area contributed by atoms with Gasteiger partial charge in [-0.2, -0.15) is 0 Å². The Bertz CT molecular complexity index is 354. The molecule has 0 aliphatic heterocycles. The standard InChI is InChI=1S/C9H10N2O4/c1-14-7-2-3-11-8(4-7)9(13)15-6-10-5-12/h2-5H,6H2,1H3,(H,10,12). The molecule has 1 amide bonds. The minimum absolute atomic E-state index is 0.127. The molecule has 1 N–H and O–H groups in total. The molecule has 1 aromatic rings. The molecule has 0 aromatic carbocycles. The van der Waals surface area contributed by atoms with Gasteiger partial charge in [0.2, 0.25) is 6.41 Å². The van der Waals surface area contributed by atoms with Gasteiger partial charge in [-0.25, -0.2) is 9.78 Å². The molecule has 0 atom stereocenters. The van der Waals surface area contributed by atoms with Gasteiger partial charge in [0.05, 0.1) is 7.11 Å². The number of rotatable bonds is 5. The molecule has 0 unspecified atom stereocenters. The van der Waals surface area contributed by atoms with Crippen LogP contribution in [0.15, 0.2) is 18.3 Å². The van der Waals surface area contributed by atoms with Crippen LogP contribution in [0.2, 0.25) is 0 Å². The largest absolute Gasteiger partial charge is 0.497 e. The molecule has 0 fully saturated rings. The Morgan fingerprint density at radius 1 is 1.67 bits per heavy atom. The number of hydrogen-bond acceptors (Lipinski definition) is 5. The van der Waals surface area contributed by atoms with E-state index in [0.29, 0.717) is 12.2 Å². The highest BCUT2D eigenvalue weighted by Gasteiger charge is 2.08. The molecule has 0 radical (unpaired) electrons. The van der Waals surface area contributed by atoms with Crippen molar-refractivity contribution in [3.63, 3.8) is 0 Å². The first kappa shape index (κ1) is 11.0. The fourth-order valence-electron chi connectivity index (χ4n) is 0.865. The Morgan fingerprint density at radius 2 is 2.47 bits per heavy atom. The molecule has 0 aliphatic carbocycles. The Balaban J connectivity index is 2.60. The number of nitrogens with one attached hydrogen (secondary N) is 1. The summed E-state index contributed by atoms with van der Waals surface area (Å²) < 4.78 is 9.58. The maximum absolute atomic E-state index is 11.3. The summed E-state index contributed by atoms with van der Waals surface area (Å²) in [5.41, 5.74) is 0.127. The summed E-state index contributed by atoms with van der Waals surface area (Å²) >= 11 is 0. The molecule has 80 valence electrons. The zero-order chi connectivity index (χ0) is 11.1. The monoisotopic (exact) mass is 210 g/mol. The zero-order valence-corrected chi connectivity index (χ0v) is 8.10. The molecule has 0 saturated carbocycles. The molecule has 6 nitrogen and oxygen atoms in total. The van der Waals surface area contributed by atoms with Gasteiger partial charge in [0.1, 0.15) is 5.75 Å².